The van der Waals surface area contributed by atoms with Crippen molar-refractivity contribution in [1.29, 1.82) is 0 Å². The molecule has 2 aromatic rings. The first-order valence-corrected chi connectivity index (χ1v) is 12.4. The largest absolute Gasteiger partial charge is 0.497 e. The summed E-state index contributed by atoms with van der Waals surface area (Å²) in [6.07, 6.45) is -5.89. The molecule has 0 bridgehead atoms. The van der Waals surface area contributed by atoms with E-state index in [4.69, 9.17) is 23.5 Å². The summed E-state index contributed by atoms with van der Waals surface area (Å²) in [5.41, 5.74) is -1.00. The standard InChI is InChI=1S/C21H28FN2O12P/c1-31-10-15(33-9-13-3-5-14(32-2)6-4-13)11-34-37(29,30)35-12-21(22)18(27)17(26)19(36-21)24-8-7-16(25)23-20(24)28/h3-8,15,17-19,26-27H,9-12H2,1-2H3,(H,29,30)(H,23,25,28)/t15?,17-,18+,19-,21-/m1/s1. The van der Waals surface area contributed by atoms with Gasteiger partial charge in [-0.1, -0.05) is 12.1 Å². The molecule has 14 nitrogen and oxygen atoms in total. The van der Waals surface area contributed by atoms with E-state index >= 15 is 4.39 Å². The molecule has 2 unspecified atom stereocenters. The number of nitrogens with zero attached hydrogens (tertiary/aromatic N) is 1. The SMILES string of the molecule is COCC(COP(=O)(O)OC[C@@]1(F)O[C@@H](n2ccc(=O)[nH]c2=O)[C@H](O)[C@@H]1O)OCc1ccc(OC)cc1. The van der Waals surface area contributed by atoms with Crippen molar-refractivity contribution >= 4 is 7.82 Å². The van der Waals surface area contributed by atoms with Crippen LogP contribution in [0.1, 0.15) is 11.8 Å². The van der Waals surface area contributed by atoms with Gasteiger partial charge in [-0.2, -0.15) is 0 Å². The molecule has 6 atom stereocenters. The van der Waals surface area contributed by atoms with Crippen LogP contribution in [0.2, 0.25) is 0 Å². The fourth-order valence-electron chi connectivity index (χ4n) is 3.37. The van der Waals surface area contributed by atoms with E-state index < -0.39 is 62.7 Å². The van der Waals surface area contributed by atoms with Gasteiger partial charge in [-0.05, 0) is 17.7 Å². The van der Waals surface area contributed by atoms with Crippen LogP contribution in [0, 0.1) is 0 Å². The van der Waals surface area contributed by atoms with Gasteiger partial charge in [-0.15, -0.1) is 0 Å². The van der Waals surface area contributed by atoms with Crippen molar-refractivity contribution in [2.24, 2.45) is 0 Å². The molecule has 0 amide bonds. The molecular weight excluding hydrogens is 522 g/mol. The number of aromatic amines is 1. The van der Waals surface area contributed by atoms with Gasteiger partial charge in [0, 0.05) is 19.4 Å². The third-order valence-corrected chi connectivity index (χ3v) is 6.28. The highest BCUT2D eigenvalue weighted by atomic mass is 31.2. The number of halogens is 1. The number of H-pyrrole nitrogens is 1. The Hall–Kier alpha value is -2.46. The average Bonchev–Trinajstić information content (AvgIpc) is 3.09. The van der Waals surface area contributed by atoms with E-state index in [0.717, 1.165) is 17.8 Å². The number of aromatic nitrogens is 2. The molecule has 3 rings (SSSR count). The van der Waals surface area contributed by atoms with Gasteiger partial charge in [-0.25, -0.2) is 13.8 Å². The number of nitrogens with one attached hydrogen (secondary N) is 1. The van der Waals surface area contributed by atoms with E-state index in [9.17, 15) is 29.3 Å². The van der Waals surface area contributed by atoms with Crippen molar-refractivity contribution < 1.29 is 52.1 Å². The maximum Gasteiger partial charge on any atom is 0.472 e. The Morgan fingerprint density at radius 3 is 2.49 bits per heavy atom. The van der Waals surface area contributed by atoms with Crippen LogP contribution in [0.15, 0.2) is 46.1 Å². The first kappa shape index (κ1) is 29.1. The summed E-state index contributed by atoms with van der Waals surface area (Å²) in [5.74, 6) is -2.54. The first-order chi connectivity index (χ1) is 17.5. The van der Waals surface area contributed by atoms with Gasteiger partial charge in [0.05, 0.1) is 26.9 Å². The van der Waals surface area contributed by atoms with Crippen molar-refractivity contribution in [3.8, 4) is 5.75 Å². The highest BCUT2D eigenvalue weighted by molar-refractivity contribution is 7.47. The number of ether oxygens (including phenoxy) is 4. The predicted octanol–water partition coefficient (Wildman–Crippen LogP) is -0.173. The van der Waals surface area contributed by atoms with E-state index in [1.807, 2.05) is 4.98 Å². The molecule has 2 heterocycles. The smallest absolute Gasteiger partial charge is 0.472 e. The summed E-state index contributed by atoms with van der Waals surface area (Å²) in [6, 6.07) is 7.91. The molecule has 206 valence electrons. The van der Waals surface area contributed by atoms with Gasteiger partial charge >= 0.3 is 13.5 Å². The van der Waals surface area contributed by atoms with Gasteiger partial charge in [0.2, 0.25) is 0 Å². The molecule has 1 aliphatic heterocycles. The maximum absolute atomic E-state index is 15.2. The Balaban J connectivity index is 1.56. The molecule has 16 heteroatoms. The number of phosphoric acid groups is 1. The summed E-state index contributed by atoms with van der Waals surface area (Å²) < 4.78 is 58.4. The lowest BCUT2D eigenvalue weighted by Crippen LogP contribution is -2.43. The minimum absolute atomic E-state index is 0.00712. The van der Waals surface area contributed by atoms with Gasteiger partial charge in [0.15, 0.2) is 6.23 Å². The van der Waals surface area contributed by atoms with E-state index in [0.29, 0.717) is 10.3 Å². The van der Waals surface area contributed by atoms with Gasteiger partial charge in [-0.3, -0.25) is 23.4 Å². The van der Waals surface area contributed by atoms with Crippen molar-refractivity contribution in [3.63, 3.8) is 0 Å². The number of hydrogen-bond donors (Lipinski definition) is 4. The Kier molecular flexibility index (Phi) is 9.74. The lowest BCUT2D eigenvalue weighted by molar-refractivity contribution is -0.205. The second kappa shape index (κ2) is 12.4. The van der Waals surface area contributed by atoms with Crippen LogP contribution in [-0.4, -0.2) is 82.9 Å². The third-order valence-electron chi connectivity index (χ3n) is 5.34. The van der Waals surface area contributed by atoms with Gasteiger partial charge < -0.3 is 34.1 Å². The molecule has 1 aromatic carbocycles. The monoisotopic (exact) mass is 550 g/mol. The van der Waals surface area contributed by atoms with Crippen LogP contribution in [0.5, 0.6) is 5.75 Å². The fraction of sp³-hybridized carbons (Fsp3) is 0.524. The Morgan fingerprint density at radius 1 is 1.16 bits per heavy atom. The van der Waals surface area contributed by atoms with Crippen LogP contribution in [0.3, 0.4) is 0 Å². The van der Waals surface area contributed by atoms with Gasteiger partial charge in [0.1, 0.15) is 30.7 Å². The Bertz CT molecular complexity index is 1190. The number of rotatable bonds is 13. The fourth-order valence-corrected chi connectivity index (χ4v) is 4.14. The highest BCUT2D eigenvalue weighted by Gasteiger charge is 2.57. The van der Waals surface area contributed by atoms with Crippen molar-refractivity contribution in [2.75, 3.05) is 34.0 Å². The predicted molar refractivity (Wildman–Crippen MR) is 122 cm³/mol. The van der Waals surface area contributed by atoms with E-state index in [2.05, 4.69) is 4.52 Å². The van der Waals surface area contributed by atoms with Crippen LogP contribution >= 0.6 is 7.82 Å². The summed E-state index contributed by atoms with van der Waals surface area (Å²) in [7, 11) is -1.98. The van der Waals surface area contributed by atoms with Crippen molar-refractivity contribution in [2.45, 2.75) is 37.0 Å². The van der Waals surface area contributed by atoms with Gasteiger partial charge in [0.25, 0.3) is 11.4 Å². The zero-order chi connectivity index (χ0) is 27.2. The third kappa shape index (κ3) is 7.54. The number of hydrogen-bond acceptors (Lipinski definition) is 11. The quantitative estimate of drug-likeness (QED) is 0.241. The Morgan fingerprint density at radius 2 is 1.86 bits per heavy atom. The number of methoxy groups -OCH3 is 2. The van der Waals surface area contributed by atoms with Crippen LogP contribution < -0.4 is 16.0 Å². The molecule has 4 N–H and O–H groups in total. The zero-order valence-corrected chi connectivity index (χ0v) is 20.8. The molecule has 0 saturated carbocycles. The van der Waals surface area contributed by atoms with Crippen molar-refractivity contribution in [3.05, 3.63) is 62.9 Å². The molecule has 0 aliphatic carbocycles. The topological polar surface area (TPSA) is 188 Å². The molecule has 37 heavy (non-hydrogen) atoms. The minimum atomic E-state index is -4.91. The van der Waals surface area contributed by atoms with E-state index in [1.165, 1.54) is 14.2 Å². The molecule has 1 aromatic heterocycles. The number of aliphatic hydroxyl groups is 2. The second-order valence-electron chi connectivity index (χ2n) is 8.02. The zero-order valence-electron chi connectivity index (χ0n) is 19.9. The number of aliphatic hydroxyl groups excluding tert-OH is 2. The average molecular weight is 550 g/mol. The summed E-state index contributed by atoms with van der Waals surface area (Å²) in [6.45, 7) is -1.70. The van der Waals surface area contributed by atoms with Crippen LogP contribution in [-0.2, 0) is 34.4 Å². The molecule has 0 spiro atoms. The first-order valence-electron chi connectivity index (χ1n) is 10.9. The Labute approximate surface area is 209 Å². The summed E-state index contributed by atoms with van der Waals surface area (Å²) >= 11 is 0. The minimum Gasteiger partial charge on any atom is -0.497 e. The maximum atomic E-state index is 15.2. The molecular formula is C21H28FN2O12P. The lowest BCUT2D eigenvalue weighted by atomic mass is 10.1. The normalized spacial score (nSPS) is 26.1. The van der Waals surface area contributed by atoms with Crippen LogP contribution in [0.4, 0.5) is 4.39 Å². The molecule has 1 aliphatic rings. The number of phosphoric ester groups is 1. The van der Waals surface area contributed by atoms with E-state index in [-0.39, 0.29) is 13.2 Å². The summed E-state index contributed by atoms with van der Waals surface area (Å²) in [4.78, 5) is 35.0. The highest BCUT2D eigenvalue weighted by Crippen LogP contribution is 2.47. The number of alkyl halides is 1. The molecule has 0 radical (unpaired) electrons. The molecule has 1 fully saturated rings. The molecule has 1 saturated heterocycles. The lowest BCUT2D eigenvalue weighted by Gasteiger charge is -2.24. The number of benzene rings is 1. The van der Waals surface area contributed by atoms with E-state index in [1.54, 1.807) is 24.3 Å². The van der Waals surface area contributed by atoms with Crippen molar-refractivity contribution in [1.82, 2.24) is 9.55 Å². The second-order valence-corrected chi connectivity index (χ2v) is 9.48. The summed E-state index contributed by atoms with van der Waals surface area (Å²) in [5, 5.41) is 20.3. The van der Waals surface area contributed by atoms with Crippen LogP contribution in [0.25, 0.3) is 0 Å².